The Kier molecular flexibility index (Phi) is 3.47. The number of hydrogen-bond acceptors (Lipinski definition) is 4. The van der Waals surface area contributed by atoms with Crippen LogP contribution >= 0.6 is 0 Å². The van der Waals surface area contributed by atoms with E-state index in [1.807, 2.05) is 24.8 Å². The topological polar surface area (TPSA) is 37.2 Å². The van der Waals surface area contributed by atoms with Crippen molar-refractivity contribution >= 4 is 0 Å². The van der Waals surface area contributed by atoms with Crippen LogP contribution in [-0.4, -0.2) is 50.5 Å². The van der Waals surface area contributed by atoms with Crippen LogP contribution in [0.25, 0.3) is 0 Å². The minimum Gasteiger partial charge on any atom is -0.337 e. The van der Waals surface area contributed by atoms with Gasteiger partial charge >= 0.3 is 0 Å². The third kappa shape index (κ3) is 2.66. The lowest BCUT2D eigenvalue weighted by molar-refractivity contribution is -0.000687. The van der Waals surface area contributed by atoms with Gasteiger partial charge in [0, 0.05) is 63.4 Å². The minimum atomic E-state index is 0.526. The lowest BCUT2D eigenvalue weighted by Gasteiger charge is -2.48. The van der Waals surface area contributed by atoms with Crippen molar-refractivity contribution < 1.29 is 0 Å². The maximum atomic E-state index is 4.43. The standard InChI is InChI=1S/C17H23N5/c1-20-9-7-19-16(20)11-22-13-17(14-22)4-8-21(12-17)10-15-2-5-18-6-3-15/h2-3,5-7,9H,4,8,10-14H2,1H3. The van der Waals surface area contributed by atoms with Crippen molar-refractivity contribution in [3.05, 3.63) is 48.3 Å². The van der Waals surface area contributed by atoms with Gasteiger partial charge in [0.2, 0.25) is 0 Å². The molecule has 2 aromatic rings. The molecule has 116 valence electrons. The molecule has 4 heterocycles. The van der Waals surface area contributed by atoms with E-state index in [0.717, 1.165) is 13.1 Å². The van der Waals surface area contributed by atoms with E-state index in [2.05, 4.69) is 43.5 Å². The second-order valence-corrected chi connectivity index (χ2v) is 6.92. The Morgan fingerprint density at radius 1 is 1.05 bits per heavy atom. The number of hydrogen-bond donors (Lipinski definition) is 0. The predicted octanol–water partition coefficient (Wildman–Crippen LogP) is 1.52. The number of imidazole rings is 1. The van der Waals surface area contributed by atoms with Crippen molar-refractivity contribution in [2.24, 2.45) is 12.5 Å². The quantitative estimate of drug-likeness (QED) is 0.857. The van der Waals surface area contributed by atoms with Gasteiger partial charge in [-0.1, -0.05) is 0 Å². The summed E-state index contributed by atoms with van der Waals surface area (Å²) < 4.78 is 2.12. The molecule has 1 spiro atoms. The molecule has 5 heteroatoms. The Hall–Kier alpha value is -1.72. The van der Waals surface area contributed by atoms with Gasteiger partial charge in [0.15, 0.2) is 0 Å². The molecule has 0 radical (unpaired) electrons. The molecule has 0 aliphatic carbocycles. The molecule has 22 heavy (non-hydrogen) atoms. The fourth-order valence-corrected chi connectivity index (χ4v) is 3.93. The molecule has 2 aliphatic rings. The molecule has 0 saturated carbocycles. The lowest BCUT2D eigenvalue weighted by atomic mass is 9.79. The first-order valence-corrected chi connectivity index (χ1v) is 8.02. The fourth-order valence-electron chi connectivity index (χ4n) is 3.93. The maximum Gasteiger partial charge on any atom is 0.122 e. The third-order valence-electron chi connectivity index (χ3n) is 5.08. The molecule has 5 nitrogen and oxygen atoms in total. The van der Waals surface area contributed by atoms with E-state index >= 15 is 0 Å². The molecule has 0 amide bonds. The molecular weight excluding hydrogens is 274 g/mol. The van der Waals surface area contributed by atoms with Crippen molar-refractivity contribution in [3.8, 4) is 0 Å². The van der Waals surface area contributed by atoms with Gasteiger partial charge in [-0.3, -0.25) is 14.8 Å². The summed E-state index contributed by atoms with van der Waals surface area (Å²) in [4.78, 5) is 13.6. The summed E-state index contributed by atoms with van der Waals surface area (Å²) in [6, 6.07) is 4.25. The van der Waals surface area contributed by atoms with Crippen LogP contribution in [0.5, 0.6) is 0 Å². The van der Waals surface area contributed by atoms with Gasteiger partial charge in [0.25, 0.3) is 0 Å². The molecule has 2 aromatic heterocycles. The van der Waals surface area contributed by atoms with E-state index in [1.54, 1.807) is 0 Å². The number of pyridine rings is 1. The molecular formula is C17H23N5. The van der Waals surface area contributed by atoms with Gasteiger partial charge in [0.1, 0.15) is 5.82 Å². The van der Waals surface area contributed by atoms with Crippen LogP contribution in [0.15, 0.2) is 36.9 Å². The Morgan fingerprint density at radius 3 is 2.55 bits per heavy atom. The molecule has 2 aliphatic heterocycles. The lowest BCUT2D eigenvalue weighted by Crippen LogP contribution is -2.57. The first-order valence-electron chi connectivity index (χ1n) is 8.02. The Labute approximate surface area is 131 Å². The molecule has 2 saturated heterocycles. The zero-order valence-corrected chi connectivity index (χ0v) is 13.1. The first kappa shape index (κ1) is 13.9. The summed E-state index contributed by atoms with van der Waals surface area (Å²) in [5.41, 5.74) is 1.90. The number of aromatic nitrogens is 3. The SMILES string of the molecule is Cn1ccnc1CN1CC2(CCN(Cc3ccncc3)C2)C1. The summed E-state index contributed by atoms with van der Waals surface area (Å²) >= 11 is 0. The summed E-state index contributed by atoms with van der Waals surface area (Å²) in [5, 5.41) is 0. The Morgan fingerprint density at radius 2 is 1.82 bits per heavy atom. The van der Waals surface area contributed by atoms with Gasteiger partial charge in [-0.05, 0) is 30.7 Å². The van der Waals surface area contributed by atoms with Crippen LogP contribution in [0.4, 0.5) is 0 Å². The van der Waals surface area contributed by atoms with E-state index < -0.39 is 0 Å². The van der Waals surface area contributed by atoms with Crippen molar-refractivity contribution in [3.63, 3.8) is 0 Å². The highest BCUT2D eigenvalue weighted by Gasteiger charge is 2.47. The molecule has 0 N–H and O–H groups in total. The minimum absolute atomic E-state index is 0.526. The van der Waals surface area contributed by atoms with E-state index in [9.17, 15) is 0 Å². The van der Waals surface area contributed by atoms with Crippen molar-refractivity contribution in [1.82, 2.24) is 24.3 Å². The molecule has 0 bridgehead atoms. The monoisotopic (exact) mass is 297 g/mol. The van der Waals surface area contributed by atoms with Gasteiger partial charge in [-0.25, -0.2) is 4.98 Å². The Bertz CT molecular complexity index is 630. The number of aryl methyl sites for hydroxylation is 1. The number of rotatable bonds is 4. The van der Waals surface area contributed by atoms with Crippen LogP contribution in [0.1, 0.15) is 17.8 Å². The first-order chi connectivity index (χ1) is 10.7. The summed E-state index contributed by atoms with van der Waals surface area (Å²) in [6.07, 6.45) is 9.02. The number of likely N-dealkylation sites (tertiary alicyclic amines) is 2. The van der Waals surface area contributed by atoms with Crippen LogP contribution in [0.3, 0.4) is 0 Å². The smallest absolute Gasteiger partial charge is 0.122 e. The molecule has 0 atom stereocenters. The predicted molar refractivity (Wildman–Crippen MR) is 85.0 cm³/mol. The maximum absolute atomic E-state index is 4.43. The summed E-state index contributed by atoms with van der Waals surface area (Å²) in [6.45, 7) is 6.92. The van der Waals surface area contributed by atoms with Gasteiger partial charge in [0.05, 0.1) is 6.54 Å². The van der Waals surface area contributed by atoms with E-state index in [-0.39, 0.29) is 0 Å². The highest BCUT2D eigenvalue weighted by Crippen LogP contribution is 2.40. The third-order valence-corrected chi connectivity index (χ3v) is 5.08. The van der Waals surface area contributed by atoms with Crippen LogP contribution < -0.4 is 0 Å². The fraction of sp³-hybridized carbons (Fsp3) is 0.529. The zero-order valence-electron chi connectivity index (χ0n) is 13.1. The van der Waals surface area contributed by atoms with Crippen LogP contribution in [0.2, 0.25) is 0 Å². The normalized spacial score (nSPS) is 21.3. The molecule has 4 rings (SSSR count). The average molecular weight is 297 g/mol. The van der Waals surface area contributed by atoms with Crippen molar-refractivity contribution in [2.45, 2.75) is 19.5 Å². The van der Waals surface area contributed by atoms with E-state index in [0.29, 0.717) is 5.41 Å². The zero-order chi connectivity index (χ0) is 15.0. The summed E-state index contributed by atoms with van der Waals surface area (Å²) in [5.74, 6) is 1.17. The summed E-state index contributed by atoms with van der Waals surface area (Å²) in [7, 11) is 2.07. The highest BCUT2D eigenvalue weighted by molar-refractivity contribution is 5.11. The highest BCUT2D eigenvalue weighted by atomic mass is 15.3. The van der Waals surface area contributed by atoms with Gasteiger partial charge in [-0.2, -0.15) is 0 Å². The second kappa shape index (κ2) is 5.48. The second-order valence-electron chi connectivity index (χ2n) is 6.92. The largest absolute Gasteiger partial charge is 0.337 e. The van der Waals surface area contributed by atoms with E-state index in [4.69, 9.17) is 0 Å². The average Bonchev–Trinajstić information content (AvgIpc) is 3.07. The van der Waals surface area contributed by atoms with Crippen molar-refractivity contribution in [1.29, 1.82) is 0 Å². The Balaban J connectivity index is 1.30. The van der Waals surface area contributed by atoms with Crippen LogP contribution in [-0.2, 0) is 20.1 Å². The molecule has 2 fully saturated rings. The van der Waals surface area contributed by atoms with Crippen LogP contribution in [0, 0.1) is 5.41 Å². The van der Waals surface area contributed by atoms with Crippen molar-refractivity contribution in [2.75, 3.05) is 26.2 Å². The van der Waals surface area contributed by atoms with Gasteiger partial charge in [-0.15, -0.1) is 0 Å². The van der Waals surface area contributed by atoms with Gasteiger partial charge < -0.3 is 4.57 Å². The molecule has 0 aromatic carbocycles. The number of nitrogens with zero attached hydrogens (tertiary/aromatic N) is 5. The molecule has 0 unspecified atom stereocenters. The van der Waals surface area contributed by atoms with E-state index in [1.165, 1.54) is 44.0 Å².